The average molecular weight is 509 g/mol. The molecule has 0 amide bonds. The van der Waals surface area contributed by atoms with E-state index in [0.29, 0.717) is 24.0 Å². The van der Waals surface area contributed by atoms with E-state index in [9.17, 15) is 0 Å². The van der Waals surface area contributed by atoms with Gasteiger partial charge in [-0.2, -0.15) is 0 Å². The van der Waals surface area contributed by atoms with Gasteiger partial charge in [-0.15, -0.1) is 6.58 Å². The SMILES string of the molecule is C=CCC1C(CCC(O[Si](C)(C)C(C)(C)C)C(C)CCCCC)=CCC1O[Si](CC)(CC)CC. The Morgan fingerprint density at radius 2 is 1.68 bits per heavy atom. The molecule has 0 heterocycles. The van der Waals surface area contributed by atoms with Crippen LogP contribution in [-0.2, 0) is 8.85 Å². The summed E-state index contributed by atoms with van der Waals surface area (Å²) in [7, 11) is -3.41. The third kappa shape index (κ3) is 9.05. The van der Waals surface area contributed by atoms with Gasteiger partial charge in [0.2, 0.25) is 0 Å². The van der Waals surface area contributed by atoms with Crippen LogP contribution >= 0.6 is 0 Å². The molecule has 2 nitrogen and oxygen atoms in total. The van der Waals surface area contributed by atoms with Gasteiger partial charge in [-0.05, 0) is 74.3 Å². The van der Waals surface area contributed by atoms with Crippen molar-refractivity contribution in [2.75, 3.05) is 0 Å². The van der Waals surface area contributed by atoms with Gasteiger partial charge >= 0.3 is 0 Å². The Hall–Kier alpha value is -0.166. The van der Waals surface area contributed by atoms with E-state index in [1.807, 2.05) is 0 Å². The fourth-order valence-electron chi connectivity index (χ4n) is 5.27. The van der Waals surface area contributed by atoms with Crippen LogP contribution in [0, 0.1) is 11.8 Å². The number of allylic oxidation sites excluding steroid dienone is 1. The second-order valence-electron chi connectivity index (χ2n) is 12.5. The van der Waals surface area contributed by atoms with E-state index in [4.69, 9.17) is 8.85 Å². The quantitative estimate of drug-likeness (QED) is 0.110. The topological polar surface area (TPSA) is 18.5 Å². The van der Waals surface area contributed by atoms with Crippen LogP contribution in [0.25, 0.3) is 0 Å². The molecule has 4 atom stereocenters. The summed E-state index contributed by atoms with van der Waals surface area (Å²) in [6, 6.07) is 3.68. The Kier molecular flexibility index (Phi) is 13.6. The van der Waals surface area contributed by atoms with E-state index in [-0.39, 0.29) is 5.04 Å². The van der Waals surface area contributed by atoms with Crippen LogP contribution in [0.2, 0.25) is 36.3 Å². The summed E-state index contributed by atoms with van der Waals surface area (Å²) in [5.74, 6) is 1.13. The number of hydrogen-bond acceptors (Lipinski definition) is 2. The predicted molar refractivity (Wildman–Crippen MR) is 158 cm³/mol. The largest absolute Gasteiger partial charge is 0.414 e. The lowest BCUT2D eigenvalue weighted by molar-refractivity contribution is 0.108. The molecule has 0 radical (unpaired) electrons. The van der Waals surface area contributed by atoms with Crippen LogP contribution in [-0.4, -0.2) is 28.8 Å². The molecule has 0 aromatic carbocycles. The molecular formula is C30H60O2Si2. The summed E-state index contributed by atoms with van der Waals surface area (Å²) >= 11 is 0. The molecule has 0 aromatic heterocycles. The Labute approximate surface area is 216 Å². The Balaban J connectivity index is 2.96. The van der Waals surface area contributed by atoms with E-state index >= 15 is 0 Å². The maximum Gasteiger partial charge on any atom is 0.192 e. The maximum absolute atomic E-state index is 7.08. The van der Waals surface area contributed by atoms with E-state index in [0.717, 1.165) is 25.7 Å². The fourth-order valence-corrected chi connectivity index (χ4v) is 9.63. The molecule has 0 aromatic rings. The van der Waals surface area contributed by atoms with Gasteiger partial charge in [-0.3, -0.25) is 0 Å². The van der Waals surface area contributed by atoms with Crippen molar-refractivity contribution in [1.29, 1.82) is 0 Å². The minimum absolute atomic E-state index is 0.250. The molecular weight excluding hydrogens is 449 g/mol. The van der Waals surface area contributed by atoms with Gasteiger partial charge in [0, 0.05) is 12.0 Å². The van der Waals surface area contributed by atoms with Gasteiger partial charge in [0.15, 0.2) is 16.6 Å². The number of rotatable bonds is 17. The smallest absolute Gasteiger partial charge is 0.192 e. The van der Waals surface area contributed by atoms with Crippen molar-refractivity contribution in [2.45, 2.75) is 155 Å². The normalized spacial score (nSPS) is 21.4. The van der Waals surface area contributed by atoms with Crippen molar-refractivity contribution in [3.8, 4) is 0 Å². The van der Waals surface area contributed by atoms with Crippen molar-refractivity contribution in [1.82, 2.24) is 0 Å². The molecule has 0 saturated carbocycles. The van der Waals surface area contributed by atoms with Crippen LogP contribution in [0.5, 0.6) is 0 Å². The maximum atomic E-state index is 7.08. The van der Waals surface area contributed by atoms with Crippen LogP contribution in [0.15, 0.2) is 24.3 Å². The zero-order chi connectivity index (χ0) is 26.0. The van der Waals surface area contributed by atoms with E-state index in [1.54, 1.807) is 5.57 Å². The highest BCUT2D eigenvalue weighted by atomic mass is 28.4. The molecule has 200 valence electrons. The lowest BCUT2D eigenvalue weighted by Crippen LogP contribution is -2.45. The Morgan fingerprint density at radius 3 is 2.18 bits per heavy atom. The van der Waals surface area contributed by atoms with Crippen molar-refractivity contribution < 1.29 is 8.85 Å². The van der Waals surface area contributed by atoms with Crippen molar-refractivity contribution in [3.63, 3.8) is 0 Å². The summed E-state index contributed by atoms with van der Waals surface area (Å²) < 4.78 is 14.1. The first-order valence-electron chi connectivity index (χ1n) is 14.6. The van der Waals surface area contributed by atoms with Crippen molar-refractivity contribution >= 4 is 16.6 Å². The second-order valence-corrected chi connectivity index (χ2v) is 22.0. The molecule has 4 unspecified atom stereocenters. The summed E-state index contributed by atoms with van der Waals surface area (Å²) in [5.41, 5.74) is 1.61. The van der Waals surface area contributed by atoms with Gasteiger partial charge in [0.25, 0.3) is 0 Å². The third-order valence-corrected chi connectivity index (χ3v) is 18.3. The van der Waals surface area contributed by atoms with Crippen LogP contribution in [0.4, 0.5) is 0 Å². The molecule has 1 rings (SSSR count). The fraction of sp³-hybridized carbons (Fsp3) is 0.867. The highest BCUT2D eigenvalue weighted by Crippen LogP contribution is 2.41. The van der Waals surface area contributed by atoms with Gasteiger partial charge in [-0.1, -0.05) is 92.4 Å². The van der Waals surface area contributed by atoms with E-state index < -0.39 is 16.6 Å². The first-order chi connectivity index (χ1) is 15.9. The molecule has 0 aliphatic heterocycles. The van der Waals surface area contributed by atoms with Gasteiger partial charge in [0.05, 0.1) is 6.10 Å². The molecule has 1 aliphatic rings. The van der Waals surface area contributed by atoms with Crippen LogP contribution < -0.4 is 0 Å². The Morgan fingerprint density at radius 1 is 1.06 bits per heavy atom. The molecule has 0 bridgehead atoms. The van der Waals surface area contributed by atoms with Crippen molar-refractivity contribution in [2.24, 2.45) is 11.8 Å². The highest BCUT2D eigenvalue weighted by Gasteiger charge is 2.41. The minimum Gasteiger partial charge on any atom is -0.414 e. The monoisotopic (exact) mass is 508 g/mol. The standard InChI is InChI=1S/C30H60O2Si2/c1-12-17-18-20-25(6)28(31-33(10,11)30(7,8)9)23-21-26-22-24-29(27(26)19-13-2)32-34(14-3,15-4)16-5/h13,22,25,27-29H,2,12,14-21,23-24H2,1,3-11H3. The zero-order valence-corrected chi connectivity index (χ0v) is 26.8. The van der Waals surface area contributed by atoms with Crippen molar-refractivity contribution in [3.05, 3.63) is 24.3 Å². The molecule has 0 spiro atoms. The zero-order valence-electron chi connectivity index (χ0n) is 24.8. The van der Waals surface area contributed by atoms with Crippen LogP contribution in [0.1, 0.15) is 107 Å². The molecule has 0 saturated heterocycles. The lowest BCUT2D eigenvalue weighted by atomic mass is 9.88. The number of hydrogen-bond donors (Lipinski definition) is 0. The van der Waals surface area contributed by atoms with E-state index in [2.05, 4.69) is 87.2 Å². The summed E-state index contributed by atoms with van der Waals surface area (Å²) in [6.07, 6.45) is 15.0. The molecule has 4 heteroatoms. The van der Waals surface area contributed by atoms with Crippen LogP contribution in [0.3, 0.4) is 0 Å². The number of unbranched alkanes of at least 4 members (excludes halogenated alkanes) is 2. The lowest BCUT2D eigenvalue weighted by Gasteiger charge is -2.41. The summed E-state index contributed by atoms with van der Waals surface area (Å²) in [4.78, 5) is 0. The van der Waals surface area contributed by atoms with Gasteiger partial charge in [0.1, 0.15) is 0 Å². The molecule has 0 fully saturated rings. The summed E-state index contributed by atoms with van der Waals surface area (Å²) in [6.45, 7) is 27.8. The second kappa shape index (κ2) is 14.5. The molecule has 0 N–H and O–H groups in total. The van der Waals surface area contributed by atoms with Gasteiger partial charge in [-0.25, -0.2) is 0 Å². The van der Waals surface area contributed by atoms with E-state index in [1.165, 1.54) is 43.8 Å². The Bertz CT molecular complexity index is 608. The molecule has 34 heavy (non-hydrogen) atoms. The molecule has 1 aliphatic carbocycles. The third-order valence-electron chi connectivity index (χ3n) is 9.16. The predicted octanol–water partition coefficient (Wildman–Crippen LogP) is 10.3. The first kappa shape index (κ1) is 31.9. The summed E-state index contributed by atoms with van der Waals surface area (Å²) in [5, 5.41) is 0.250. The average Bonchev–Trinajstić information content (AvgIpc) is 3.15. The van der Waals surface area contributed by atoms with Gasteiger partial charge < -0.3 is 8.85 Å². The first-order valence-corrected chi connectivity index (χ1v) is 20.0. The highest BCUT2D eigenvalue weighted by molar-refractivity contribution is 6.74. The minimum atomic E-state index is -1.80.